The minimum atomic E-state index is -1.04. The molecule has 0 saturated heterocycles. The summed E-state index contributed by atoms with van der Waals surface area (Å²) < 4.78 is 10.2. The van der Waals surface area contributed by atoms with Gasteiger partial charge in [0.2, 0.25) is 0 Å². The Morgan fingerprint density at radius 2 is 1.37 bits per heavy atom. The van der Waals surface area contributed by atoms with Crippen LogP contribution in [0.3, 0.4) is 0 Å². The van der Waals surface area contributed by atoms with Gasteiger partial charge in [-0.2, -0.15) is 0 Å². The van der Waals surface area contributed by atoms with Gasteiger partial charge in [0.15, 0.2) is 0 Å². The standard InChI is InChI=1S/C33H58O8/c1-3-5-7-8-9-10-15-19-32(38)40-24-27(35)25-41-33(39)20-16-12-11-14-18-28-29(31(37)23-30(28)36)22-21-26(34)17-13-6-4-2/h11,14,21-22,26-31,34-37H,3-10,12-13,15-20,23-25H2,1-2H3/b14-11+,22-21+/t26-,27-,28+,29+,30-,31+/m0/s1. The van der Waals surface area contributed by atoms with Crippen LogP contribution in [0.15, 0.2) is 24.3 Å². The molecular weight excluding hydrogens is 524 g/mol. The van der Waals surface area contributed by atoms with Crippen LogP contribution in [-0.4, -0.2) is 70.0 Å². The van der Waals surface area contributed by atoms with E-state index in [4.69, 9.17) is 9.47 Å². The molecule has 8 nitrogen and oxygen atoms in total. The fourth-order valence-electron chi connectivity index (χ4n) is 5.20. The molecule has 1 rings (SSSR count). The number of aliphatic hydroxyl groups excluding tert-OH is 4. The van der Waals surface area contributed by atoms with Crippen LogP contribution in [0.1, 0.15) is 123 Å². The summed E-state index contributed by atoms with van der Waals surface area (Å²) in [5.41, 5.74) is 0. The zero-order valence-electron chi connectivity index (χ0n) is 25.6. The number of allylic oxidation sites excluding steroid dienone is 2. The first-order chi connectivity index (χ1) is 19.8. The molecule has 0 aromatic rings. The van der Waals surface area contributed by atoms with Crippen molar-refractivity contribution < 1.29 is 39.5 Å². The van der Waals surface area contributed by atoms with E-state index in [0.29, 0.717) is 38.5 Å². The Morgan fingerprint density at radius 3 is 2.02 bits per heavy atom. The first-order valence-corrected chi connectivity index (χ1v) is 16.1. The number of aliphatic hydroxyl groups is 4. The maximum Gasteiger partial charge on any atom is 0.305 e. The second-order valence-electron chi connectivity index (χ2n) is 11.6. The average Bonchev–Trinajstić information content (AvgIpc) is 3.22. The van der Waals surface area contributed by atoms with Gasteiger partial charge in [0.25, 0.3) is 0 Å². The third kappa shape index (κ3) is 18.4. The number of carbonyl (C=O) groups is 2. The van der Waals surface area contributed by atoms with Gasteiger partial charge in [-0.1, -0.05) is 95.9 Å². The third-order valence-corrected chi connectivity index (χ3v) is 7.76. The number of unbranched alkanes of at least 4 members (excludes halogenated alkanes) is 9. The maximum atomic E-state index is 12.0. The molecule has 8 heteroatoms. The quantitative estimate of drug-likeness (QED) is 0.0662. The largest absolute Gasteiger partial charge is 0.463 e. The molecule has 0 heterocycles. The van der Waals surface area contributed by atoms with Gasteiger partial charge in [0.1, 0.15) is 19.3 Å². The van der Waals surface area contributed by atoms with Gasteiger partial charge in [-0.15, -0.1) is 0 Å². The zero-order valence-corrected chi connectivity index (χ0v) is 25.6. The van der Waals surface area contributed by atoms with Crippen molar-refractivity contribution in [3.63, 3.8) is 0 Å². The molecule has 1 fully saturated rings. The molecule has 0 spiro atoms. The molecule has 4 N–H and O–H groups in total. The number of hydrogen-bond acceptors (Lipinski definition) is 8. The van der Waals surface area contributed by atoms with Gasteiger partial charge in [0.05, 0.1) is 18.3 Å². The van der Waals surface area contributed by atoms with E-state index >= 15 is 0 Å². The van der Waals surface area contributed by atoms with Crippen molar-refractivity contribution in [3.8, 4) is 0 Å². The molecule has 0 aliphatic heterocycles. The van der Waals surface area contributed by atoms with E-state index in [-0.39, 0.29) is 37.4 Å². The van der Waals surface area contributed by atoms with E-state index in [2.05, 4.69) is 13.8 Å². The minimum absolute atomic E-state index is 0.114. The number of rotatable bonds is 24. The summed E-state index contributed by atoms with van der Waals surface area (Å²) in [6, 6.07) is 0. The Labute approximate surface area is 248 Å². The Bertz CT molecular complexity index is 737. The molecule has 0 unspecified atom stereocenters. The number of ether oxygens (including phenoxy) is 2. The highest BCUT2D eigenvalue weighted by Crippen LogP contribution is 2.36. The van der Waals surface area contributed by atoms with Crippen molar-refractivity contribution >= 4 is 11.9 Å². The minimum Gasteiger partial charge on any atom is -0.463 e. The van der Waals surface area contributed by atoms with E-state index < -0.39 is 30.4 Å². The van der Waals surface area contributed by atoms with Crippen molar-refractivity contribution in [3.05, 3.63) is 24.3 Å². The summed E-state index contributed by atoms with van der Waals surface area (Å²) in [4.78, 5) is 23.8. The van der Waals surface area contributed by atoms with E-state index in [9.17, 15) is 30.0 Å². The number of hydrogen-bond donors (Lipinski definition) is 4. The van der Waals surface area contributed by atoms with Gasteiger partial charge in [0, 0.05) is 25.2 Å². The topological polar surface area (TPSA) is 134 Å². The molecule has 6 atom stereocenters. The van der Waals surface area contributed by atoms with E-state index in [1.807, 2.05) is 18.2 Å². The van der Waals surface area contributed by atoms with Gasteiger partial charge in [-0.3, -0.25) is 9.59 Å². The summed E-state index contributed by atoms with van der Waals surface area (Å²) in [7, 11) is 0. The monoisotopic (exact) mass is 582 g/mol. The summed E-state index contributed by atoms with van der Waals surface area (Å²) in [6.45, 7) is 3.92. The fourth-order valence-corrected chi connectivity index (χ4v) is 5.20. The highest BCUT2D eigenvalue weighted by atomic mass is 16.6. The molecule has 0 bridgehead atoms. The first kappa shape index (κ1) is 37.3. The van der Waals surface area contributed by atoms with Gasteiger partial charge >= 0.3 is 11.9 Å². The second-order valence-corrected chi connectivity index (χ2v) is 11.6. The molecule has 0 aromatic heterocycles. The van der Waals surface area contributed by atoms with E-state index in [0.717, 1.165) is 38.5 Å². The lowest BCUT2D eigenvalue weighted by molar-refractivity contribution is -0.152. The lowest BCUT2D eigenvalue weighted by Gasteiger charge is -2.19. The predicted octanol–water partition coefficient (Wildman–Crippen LogP) is 5.55. The van der Waals surface area contributed by atoms with Crippen molar-refractivity contribution in [2.24, 2.45) is 11.8 Å². The lowest BCUT2D eigenvalue weighted by Crippen LogP contribution is -2.25. The Balaban J connectivity index is 2.17. The molecule has 1 saturated carbocycles. The van der Waals surface area contributed by atoms with Gasteiger partial charge in [-0.25, -0.2) is 0 Å². The SMILES string of the molecule is CCCCCCCCCC(=O)OC[C@H](O)COC(=O)CCC/C=C/C[C@@H]1[C@@H](/C=C/[C@@H](O)CCCCC)[C@H](O)C[C@@H]1O. The van der Waals surface area contributed by atoms with Gasteiger partial charge < -0.3 is 29.9 Å². The molecule has 0 amide bonds. The highest BCUT2D eigenvalue weighted by molar-refractivity contribution is 5.69. The first-order valence-electron chi connectivity index (χ1n) is 16.1. The zero-order chi connectivity index (χ0) is 30.3. The molecule has 0 aromatic carbocycles. The molecule has 1 aliphatic carbocycles. The number of esters is 2. The van der Waals surface area contributed by atoms with Crippen LogP contribution in [0.4, 0.5) is 0 Å². The molecule has 1 aliphatic rings. The van der Waals surface area contributed by atoms with Crippen LogP contribution in [0.5, 0.6) is 0 Å². The highest BCUT2D eigenvalue weighted by Gasteiger charge is 2.39. The third-order valence-electron chi connectivity index (χ3n) is 7.76. The normalized spacial score (nSPS) is 22.4. The predicted molar refractivity (Wildman–Crippen MR) is 161 cm³/mol. The van der Waals surface area contributed by atoms with Crippen molar-refractivity contribution in [1.29, 1.82) is 0 Å². The average molecular weight is 583 g/mol. The van der Waals surface area contributed by atoms with Gasteiger partial charge in [-0.05, 0) is 38.0 Å². The number of carbonyl (C=O) groups excluding carboxylic acids is 2. The van der Waals surface area contributed by atoms with E-state index in [1.54, 1.807) is 6.08 Å². The van der Waals surface area contributed by atoms with Crippen LogP contribution >= 0.6 is 0 Å². The lowest BCUT2D eigenvalue weighted by atomic mass is 9.89. The second kappa shape index (κ2) is 23.8. The van der Waals surface area contributed by atoms with Crippen molar-refractivity contribution in [2.45, 2.75) is 147 Å². The molecule has 238 valence electrons. The van der Waals surface area contributed by atoms with Crippen LogP contribution in [0.25, 0.3) is 0 Å². The maximum absolute atomic E-state index is 12.0. The Kier molecular flexibility index (Phi) is 21.6. The summed E-state index contributed by atoms with van der Waals surface area (Å²) in [6.07, 6.45) is 19.2. The fraction of sp³-hybridized carbons (Fsp3) is 0.818. The summed E-state index contributed by atoms with van der Waals surface area (Å²) in [5, 5.41) is 40.9. The molecular formula is C33H58O8. The van der Waals surface area contributed by atoms with Crippen molar-refractivity contribution in [2.75, 3.05) is 13.2 Å². The summed E-state index contributed by atoms with van der Waals surface area (Å²) >= 11 is 0. The summed E-state index contributed by atoms with van der Waals surface area (Å²) in [5.74, 6) is -1.06. The van der Waals surface area contributed by atoms with Crippen LogP contribution in [0.2, 0.25) is 0 Å². The Morgan fingerprint density at radius 1 is 0.780 bits per heavy atom. The Hall–Kier alpha value is -1.74. The van der Waals surface area contributed by atoms with Crippen LogP contribution < -0.4 is 0 Å². The van der Waals surface area contributed by atoms with Crippen molar-refractivity contribution in [1.82, 2.24) is 0 Å². The molecule has 0 radical (unpaired) electrons. The molecule has 41 heavy (non-hydrogen) atoms. The smallest absolute Gasteiger partial charge is 0.305 e. The van der Waals surface area contributed by atoms with Crippen LogP contribution in [-0.2, 0) is 19.1 Å². The van der Waals surface area contributed by atoms with Crippen LogP contribution in [0, 0.1) is 11.8 Å². The van der Waals surface area contributed by atoms with E-state index in [1.165, 1.54) is 25.7 Å².